The lowest BCUT2D eigenvalue weighted by Crippen LogP contribution is -2.14. The minimum atomic E-state index is -4.47. The quantitative estimate of drug-likeness (QED) is 0.726. The Hall–Kier alpha value is -1.56. The van der Waals surface area contributed by atoms with Crippen molar-refractivity contribution < 1.29 is 13.2 Å². The van der Waals surface area contributed by atoms with Crippen molar-refractivity contribution in [2.45, 2.75) is 6.18 Å². The fourth-order valence-electron chi connectivity index (χ4n) is 1.22. The van der Waals surface area contributed by atoms with Gasteiger partial charge < -0.3 is 0 Å². The fraction of sp³-hybridized carbons (Fsp3) is 0.111. The first-order valence-corrected chi connectivity index (χ1v) is 4.60. The van der Waals surface area contributed by atoms with E-state index in [0.717, 1.165) is 12.3 Å². The molecule has 0 spiro atoms. The normalized spacial score (nSPS) is 11.8. The number of rotatable bonds is 1. The minimum absolute atomic E-state index is 0.0322. The molecule has 2 aromatic rings. The fourth-order valence-corrected chi connectivity index (χ4v) is 1.38. The Bertz CT molecular complexity index is 507. The lowest BCUT2D eigenvalue weighted by molar-refractivity contribution is -0.142. The van der Waals surface area contributed by atoms with E-state index in [1.807, 2.05) is 0 Å². The molecule has 0 unspecified atom stereocenters. The van der Waals surface area contributed by atoms with Crippen LogP contribution in [-0.2, 0) is 6.18 Å². The summed E-state index contributed by atoms with van der Waals surface area (Å²) in [6, 6.07) is 5.25. The lowest BCUT2D eigenvalue weighted by atomic mass is 10.4. The van der Waals surface area contributed by atoms with Gasteiger partial charge in [-0.15, -0.1) is 0 Å². The molecule has 0 bridgehead atoms. The Labute approximate surface area is 93.5 Å². The SMILES string of the molecule is FC(F)(F)c1ccnn1-c1cccc(Cl)n1. The highest BCUT2D eigenvalue weighted by atomic mass is 35.5. The number of pyridine rings is 1. The number of nitrogens with zero attached hydrogens (tertiary/aromatic N) is 3. The summed E-state index contributed by atoms with van der Waals surface area (Å²) in [7, 11) is 0. The molecule has 0 saturated heterocycles. The van der Waals surface area contributed by atoms with E-state index in [2.05, 4.69) is 10.1 Å². The highest BCUT2D eigenvalue weighted by Crippen LogP contribution is 2.30. The summed E-state index contributed by atoms with van der Waals surface area (Å²) >= 11 is 5.59. The second-order valence-corrected chi connectivity index (χ2v) is 3.33. The molecule has 0 aromatic carbocycles. The predicted octanol–water partition coefficient (Wildman–Crippen LogP) is 2.94. The standard InChI is InChI=1S/C9H5ClF3N3/c10-7-2-1-3-8(15-7)16-6(4-5-14-16)9(11,12)13/h1-5H. The Kier molecular flexibility index (Phi) is 2.59. The van der Waals surface area contributed by atoms with Gasteiger partial charge in [0.2, 0.25) is 0 Å². The molecule has 3 nitrogen and oxygen atoms in total. The van der Waals surface area contributed by atoms with Gasteiger partial charge in [0.1, 0.15) is 10.8 Å². The van der Waals surface area contributed by atoms with E-state index in [0.29, 0.717) is 4.68 Å². The monoisotopic (exact) mass is 247 g/mol. The smallest absolute Gasteiger partial charge is 0.217 e. The molecule has 0 aliphatic rings. The van der Waals surface area contributed by atoms with Crippen LogP contribution in [0, 0.1) is 0 Å². The number of hydrogen-bond acceptors (Lipinski definition) is 2. The molecule has 0 radical (unpaired) electrons. The molecule has 0 aliphatic carbocycles. The van der Waals surface area contributed by atoms with Crippen molar-refractivity contribution in [1.29, 1.82) is 0 Å². The van der Waals surface area contributed by atoms with E-state index < -0.39 is 11.9 Å². The number of alkyl halides is 3. The maximum atomic E-state index is 12.5. The summed E-state index contributed by atoms with van der Waals surface area (Å²) < 4.78 is 38.3. The zero-order valence-electron chi connectivity index (χ0n) is 7.74. The van der Waals surface area contributed by atoms with Crippen LogP contribution in [0.4, 0.5) is 13.2 Å². The molecule has 0 atom stereocenters. The van der Waals surface area contributed by atoms with E-state index in [1.165, 1.54) is 18.2 Å². The number of hydrogen-bond donors (Lipinski definition) is 0. The van der Waals surface area contributed by atoms with Gasteiger partial charge in [-0.2, -0.15) is 18.3 Å². The van der Waals surface area contributed by atoms with Crippen molar-refractivity contribution in [3.05, 3.63) is 41.3 Å². The average Bonchev–Trinajstić information content (AvgIpc) is 2.65. The summed E-state index contributed by atoms with van der Waals surface area (Å²) in [5, 5.41) is 3.68. The Morgan fingerprint density at radius 1 is 1.19 bits per heavy atom. The van der Waals surface area contributed by atoms with Crippen LogP contribution in [0.3, 0.4) is 0 Å². The maximum Gasteiger partial charge on any atom is 0.433 e. The average molecular weight is 248 g/mol. The zero-order chi connectivity index (χ0) is 11.8. The third-order valence-corrected chi connectivity index (χ3v) is 2.06. The van der Waals surface area contributed by atoms with Gasteiger partial charge in [0, 0.05) is 0 Å². The molecule has 16 heavy (non-hydrogen) atoms. The van der Waals surface area contributed by atoms with Gasteiger partial charge in [0.25, 0.3) is 0 Å². The van der Waals surface area contributed by atoms with Gasteiger partial charge in [0.05, 0.1) is 6.20 Å². The van der Waals surface area contributed by atoms with E-state index in [4.69, 9.17) is 11.6 Å². The summed E-state index contributed by atoms with van der Waals surface area (Å²) in [6.07, 6.45) is -3.41. The van der Waals surface area contributed by atoms with Gasteiger partial charge in [-0.05, 0) is 18.2 Å². The molecule has 2 aromatic heterocycles. The molecule has 7 heteroatoms. The van der Waals surface area contributed by atoms with Crippen LogP contribution < -0.4 is 0 Å². The van der Waals surface area contributed by atoms with E-state index in [9.17, 15) is 13.2 Å². The third kappa shape index (κ3) is 2.01. The topological polar surface area (TPSA) is 30.7 Å². The van der Waals surface area contributed by atoms with Crippen LogP contribution in [0.25, 0.3) is 5.82 Å². The molecule has 0 amide bonds. The van der Waals surface area contributed by atoms with Gasteiger partial charge in [-0.1, -0.05) is 17.7 Å². The molecule has 2 heterocycles. The van der Waals surface area contributed by atoms with Crippen LogP contribution in [0.2, 0.25) is 5.15 Å². The molecular formula is C9H5ClF3N3. The van der Waals surface area contributed by atoms with Crippen LogP contribution in [0.5, 0.6) is 0 Å². The third-order valence-electron chi connectivity index (χ3n) is 1.85. The minimum Gasteiger partial charge on any atom is -0.217 e. The van der Waals surface area contributed by atoms with Gasteiger partial charge in [-0.3, -0.25) is 0 Å². The largest absolute Gasteiger partial charge is 0.433 e. The van der Waals surface area contributed by atoms with E-state index in [-0.39, 0.29) is 11.0 Å². The zero-order valence-corrected chi connectivity index (χ0v) is 8.50. The summed E-state index contributed by atoms with van der Waals surface area (Å²) in [6.45, 7) is 0. The highest BCUT2D eigenvalue weighted by Gasteiger charge is 2.35. The van der Waals surface area contributed by atoms with Crippen LogP contribution in [-0.4, -0.2) is 14.8 Å². The molecule has 0 saturated carbocycles. The van der Waals surface area contributed by atoms with Crippen LogP contribution in [0.1, 0.15) is 5.69 Å². The molecule has 0 aliphatic heterocycles. The number of halogens is 4. The molecule has 0 N–H and O–H groups in total. The first-order valence-electron chi connectivity index (χ1n) is 4.22. The van der Waals surface area contributed by atoms with Gasteiger partial charge >= 0.3 is 6.18 Å². The molecule has 2 rings (SSSR count). The highest BCUT2D eigenvalue weighted by molar-refractivity contribution is 6.29. The molecular weight excluding hydrogens is 243 g/mol. The van der Waals surface area contributed by atoms with Crippen molar-refractivity contribution in [2.75, 3.05) is 0 Å². The summed E-state index contributed by atoms with van der Waals surface area (Å²) in [4.78, 5) is 3.76. The second kappa shape index (κ2) is 3.79. The van der Waals surface area contributed by atoms with Crippen molar-refractivity contribution >= 4 is 11.6 Å². The lowest BCUT2D eigenvalue weighted by Gasteiger charge is -2.09. The Morgan fingerprint density at radius 3 is 2.56 bits per heavy atom. The van der Waals surface area contributed by atoms with Crippen LogP contribution >= 0.6 is 11.6 Å². The van der Waals surface area contributed by atoms with Crippen molar-refractivity contribution in [3.8, 4) is 5.82 Å². The van der Waals surface area contributed by atoms with Crippen molar-refractivity contribution in [1.82, 2.24) is 14.8 Å². The van der Waals surface area contributed by atoms with Gasteiger partial charge in [0.15, 0.2) is 5.82 Å². The predicted molar refractivity (Wildman–Crippen MR) is 51.4 cm³/mol. The Balaban J connectivity index is 2.53. The number of aromatic nitrogens is 3. The second-order valence-electron chi connectivity index (χ2n) is 2.94. The maximum absolute atomic E-state index is 12.5. The summed E-state index contributed by atoms with van der Waals surface area (Å²) in [5.41, 5.74) is -0.887. The van der Waals surface area contributed by atoms with Crippen molar-refractivity contribution in [2.24, 2.45) is 0 Å². The summed E-state index contributed by atoms with van der Waals surface area (Å²) in [5.74, 6) is 0.0322. The van der Waals surface area contributed by atoms with E-state index >= 15 is 0 Å². The Morgan fingerprint density at radius 2 is 1.94 bits per heavy atom. The molecule has 84 valence electrons. The first-order chi connectivity index (χ1) is 7.48. The van der Waals surface area contributed by atoms with Crippen molar-refractivity contribution in [3.63, 3.8) is 0 Å². The first kappa shape index (κ1) is 10.9. The van der Waals surface area contributed by atoms with Gasteiger partial charge in [-0.25, -0.2) is 9.67 Å². The van der Waals surface area contributed by atoms with Crippen LogP contribution in [0.15, 0.2) is 30.5 Å². The molecule has 0 fully saturated rings. The van der Waals surface area contributed by atoms with E-state index in [1.54, 1.807) is 0 Å².